The van der Waals surface area contributed by atoms with Gasteiger partial charge in [-0.25, -0.2) is 4.39 Å². The summed E-state index contributed by atoms with van der Waals surface area (Å²) in [6, 6.07) is 7.72. The normalized spacial score (nSPS) is 16.7. The highest BCUT2D eigenvalue weighted by Gasteiger charge is 2.20. The molecule has 1 atom stereocenters. The van der Waals surface area contributed by atoms with Crippen molar-refractivity contribution in [3.63, 3.8) is 0 Å². The quantitative estimate of drug-likeness (QED) is 0.914. The highest BCUT2D eigenvalue weighted by Crippen LogP contribution is 2.23. The van der Waals surface area contributed by atoms with E-state index in [0.717, 1.165) is 30.5 Å². The van der Waals surface area contributed by atoms with E-state index in [-0.39, 0.29) is 23.5 Å². The molecule has 0 saturated carbocycles. The van der Waals surface area contributed by atoms with Gasteiger partial charge in [0.05, 0.1) is 0 Å². The van der Waals surface area contributed by atoms with E-state index in [1.165, 1.54) is 12.1 Å². The molecule has 1 aliphatic rings. The summed E-state index contributed by atoms with van der Waals surface area (Å²) >= 11 is 0. The number of carbonyl (C=O) groups is 1. The molecule has 0 aliphatic heterocycles. The van der Waals surface area contributed by atoms with Crippen LogP contribution in [0.3, 0.4) is 0 Å². The van der Waals surface area contributed by atoms with Crippen molar-refractivity contribution in [1.29, 1.82) is 0 Å². The number of halogens is 1. The minimum Gasteiger partial charge on any atom is -0.348 e. The van der Waals surface area contributed by atoms with E-state index in [2.05, 4.69) is 17.2 Å². The van der Waals surface area contributed by atoms with E-state index in [9.17, 15) is 14.0 Å². The fourth-order valence-electron chi connectivity index (χ4n) is 2.98. The van der Waals surface area contributed by atoms with Gasteiger partial charge < -0.3 is 10.3 Å². The molecule has 2 aromatic rings. The number of H-pyrrole nitrogens is 1. The Morgan fingerprint density at radius 2 is 2.22 bits per heavy atom. The second-order valence-electron chi connectivity index (χ2n) is 6.18. The molecule has 0 unspecified atom stereocenters. The summed E-state index contributed by atoms with van der Waals surface area (Å²) in [5, 5.41) is 2.68. The summed E-state index contributed by atoms with van der Waals surface area (Å²) in [7, 11) is 0. The lowest BCUT2D eigenvalue weighted by Crippen LogP contribution is -2.31. The van der Waals surface area contributed by atoms with Crippen LogP contribution < -0.4 is 10.9 Å². The Balaban J connectivity index is 1.77. The van der Waals surface area contributed by atoms with Crippen LogP contribution in [0.5, 0.6) is 0 Å². The third-order valence-corrected chi connectivity index (χ3v) is 4.26. The van der Waals surface area contributed by atoms with Crippen LogP contribution in [-0.2, 0) is 19.4 Å². The molecule has 0 radical (unpaired) electrons. The molecule has 0 bridgehead atoms. The van der Waals surface area contributed by atoms with Gasteiger partial charge in [-0.05, 0) is 54.5 Å². The standard InChI is InChI=1S/C18H19FN2O2/c1-11-5-6-16-13(7-11)9-15(18(23)21-16)17(22)20-10-12-3-2-4-14(19)8-12/h2-4,8-9,11H,5-7,10H2,1H3,(H,20,22)(H,21,23)/t11-/m1/s1. The first-order valence-corrected chi connectivity index (χ1v) is 7.80. The van der Waals surface area contributed by atoms with Gasteiger partial charge in [0, 0.05) is 12.2 Å². The van der Waals surface area contributed by atoms with Gasteiger partial charge in [-0.1, -0.05) is 19.1 Å². The van der Waals surface area contributed by atoms with Crippen molar-refractivity contribution in [2.24, 2.45) is 5.92 Å². The SMILES string of the molecule is C[C@@H]1CCc2[nH]c(=O)c(C(=O)NCc3cccc(F)c3)cc2C1. The summed E-state index contributed by atoms with van der Waals surface area (Å²) in [6.45, 7) is 2.35. The summed E-state index contributed by atoms with van der Waals surface area (Å²) in [5.74, 6) is -0.231. The number of aromatic nitrogens is 1. The Morgan fingerprint density at radius 3 is 3.00 bits per heavy atom. The largest absolute Gasteiger partial charge is 0.348 e. The van der Waals surface area contributed by atoms with Crippen molar-refractivity contribution in [3.8, 4) is 0 Å². The molecule has 23 heavy (non-hydrogen) atoms. The van der Waals surface area contributed by atoms with Crippen LogP contribution in [0.2, 0.25) is 0 Å². The Morgan fingerprint density at radius 1 is 1.39 bits per heavy atom. The number of benzene rings is 1. The van der Waals surface area contributed by atoms with Gasteiger partial charge in [-0.3, -0.25) is 9.59 Å². The number of aryl methyl sites for hydroxylation is 1. The molecule has 1 heterocycles. The van der Waals surface area contributed by atoms with Crippen LogP contribution in [0.15, 0.2) is 35.1 Å². The average Bonchev–Trinajstić information content (AvgIpc) is 2.52. The summed E-state index contributed by atoms with van der Waals surface area (Å²) < 4.78 is 13.1. The lowest BCUT2D eigenvalue weighted by Gasteiger charge is -2.21. The Labute approximate surface area is 133 Å². The van der Waals surface area contributed by atoms with E-state index in [0.29, 0.717) is 11.5 Å². The molecule has 1 aromatic heterocycles. The van der Waals surface area contributed by atoms with Gasteiger partial charge >= 0.3 is 0 Å². The predicted octanol–water partition coefficient (Wildman–Crippen LogP) is 2.57. The van der Waals surface area contributed by atoms with E-state index < -0.39 is 5.91 Å². The predicted molar refractivity (Wildman–Crippen MR) is 85.8 cm³/mol. The molecule has 0 saturated heterocycles. The zero-order chi connectivity index (χ0) is 16.4. The van der Waals surface area contributed by atoms with Gasteiger partial charge in [0.25, 0.3) is 11.5 Å². The molecular formula is C18H19FN2O2. The monoisotopic (exact) mass is 314 g/mol. The molecule has 0 fully saturated rings. The second-order valence-corrected chi connectivity index (χ2v) is 6.18. The first-order valence-electron chi connectivity index (χ1n) is 7.80. The van der Waals surface area contributed by atoms with Crippen molar-refractivity contribution in [1.82, 2.24) is 10.3 Å². The molecular weight excluding hydrogens is 295 g/mol. The maximum absolute atomic E-state index is 13.1. The van der Waals surface area contributed by atoms with Gasteiger partial charge in [-0.15, -0.1) is 0 Å². The van der Waals surface area contributed by atoms with Gasteiger partial charge in [-0.2, -0.15) is 0 Å². The fourth-order valence-corrected chi connectivity index (χ4v) is 2.98. The minimum atomic E-state index is -0.434. The van der Waals surface area contributed by atoms with E-state index in [4.69, 9.17) is 0 Å². The highest BCUT2D eigenvalue weighted by molar-refractivity contribution is 5.94. The molecule has 1 amide bonds. The van der Waals surface area contributed by atoms with Gasteiger partial charge in [0.1, 0.15) is 11.4 Å². The molecule has 4 nitrogen and oxygen atoms in total. The molecule has 2 N–H and O–H groups in total. The first kappa shape index (κ1) is 15.5. The van der Waals surface area contributed by atoms with Crippen LogP contribution >= 0.6 is 0 Å². The number of hydrogen-bond acceptors (Lipinski definition) is 2. The van der Waals surface area contributed by atoms with Gasteiger partial charge in [0.2, 0.25) is 0 Å². The Bertz CT molecular complexity index is 798. The summed E-state index contributed by atoms with van der Waals surface area (Å²) in [4.78, 5) is 27.2. The smallest absolute Gasteiger partial charge is 0.261 e. The maximum Gasteiger partial charge on any atom is 0.261 e. The third-order valence-electron chi connectivity index (χ3n) is 4.26. The molecule has 1 aliphatic carbocycles. The number of hydrogen-bond donors (Lipinski definition) is 2. The van der Waals surface area contributed by atoms with Crippen LogP contribution in [-0.4, -0.2) is 10.9 Å². The van der Waals surface area contributed by atoms with Crippen LogP contribution in [0.1, 0.15) is 40.5 Å². The maximum atomic E-state index is 13.1. The summed E-state index contributed by atoms with van der Waals surface area (Å²) in [6.07, 6.45) is 2.77. The van der Waals surface area contributed by atoms with Crippen molar-refractivity contribution in [2.45, 2.75) is 32.7 Å². The number of amides is 1. The fraction of sp³-hybridized carbons (Fsp3) is 0.333. The number of pyridine rings is 1. The lowest BCUT2D eigenvalue weighted by atomic mass is 9.87. The molecule has 120 valence electrons. The van der Waals surface area contributed by atoms with Crippen molar-refractivity contribution in [2.75, 3.05) is 0 Å². The third kappa shape index (κ3) is 3.50. The highest BCUT2D eigenvalue weighted by atomic mass is 19.1. The van der Waals surface area contributed by atoms with Crippen molar-refractivity contribution in [3.05, 3.63) is 68.9 Å². The number of rotatable bonds is 3. The van der Waals surface area contributed by atoms with Crippen LogP contribution in [0, 0.1) is 11.7 Å². The molecule has 0 spiro atoms. The Kier molecular flexibility index (Phi) is 4.28. The van der Waals surface area contributed by atoms with Crippen LogP contribution in [0.4, 0.5) is 4.39 Å². The van der Waals surface area contributed by atoms with Crippen molar-refractivity contribution < 1.29 is 9.18 Å². The van der Waals surface area contributed by atoms with E-state index >= 15 is 0 Å². The minimum absolute atomic E-state index is 0.120. The van der Waals surface area contributed by atoms with Crippen LogP contribution in [0.25, 0.3) is 0 Å². The molecule has 1 aromatic carbocycles. The zero-order valence-electron chi connectivity index (χ0n) is 13.0. The zero-order valence-corrected chi connectivity index (χ0v) is 13.0. The average molecular weight is 314 g/mol. The first-order chi connectivity index (χ1) is 11.0. The van der Waals surface area contributed by atoms with Gasteiger partial charge in [0.15, 0.2) is 0 Å². The second kappa shape index (κ2) is 6.36. The number of nitrogens with one attached hydrogen (secondary N) is 2. The Hall–Kier alpha value is -2.43. The van der Waals surface area contributed by atoms with E-state index in [1.54, 1.807) is 18.2 Å². The topological polar surface area (TPSA) is 62.0 Å². The van der Waals surface area contributed by atoms with E-state index in [1.807, 2.05) is 0 Å². The van der Waals surface area contributed by atoms with Crippen molar-refractivity contribution >= 4 is 5.91 Å². The lowest BCUT2D eigenvalue weighted by molar-refractivity contribution is 0.0949. The molecule has 3 rings (SSSR count). The number of fused-ring (bicyclic) bond motifs is 1. The molecule has 5 heteroatoms. The number of aromatic amines is 1. The summed E-state index contributed by atoms with van der Waals surface area (Å²) in [5.41, 5.74) is 2.39. The number of carbonyl (C=O) groups excluding carboxylic acids is 1.